The quantitative estimate of drug-likeness (QED) is 0.878. The van der Waals surface area contributed by atoms with Crippen molar-refractivity contribution in [2.24, 2.45) is 0 Å². The van der Waals surface area contributed by atoms with Crippen molar-refractivity contribution < 1.29 is 9.13 Å². The molecule has 0 bridgehead atoms. The number of pyridine rings is 1. The van der Waals surface area contributed by atoms with Crippen LogP contribution in [0.2, 0.25) is 0 Å². The Bertz CT molecular complexity index is 546. The largest absolute Gasteiger partial charge is 0.494 e. The summed E-state index contributed by atoms with van der Waals surface area (Å²) in [5, 5.41) is 2.92. The van der Waals surface area contributed by atoms with E-state index in [0.717, 1.165) is 17.9 Å². The van der Waals surface area contributed by atoms with Gasteiger partial charge in [0.2, 0.25) is 0 Å². The highest BCUT2D eigenvalue weighted by molar-refractivity contribution is 9.10. The Kier molecular flexibility index (Phi) is 4.74. The molecule has 0 fully saturated rings. The van der Waals surface area contributed by atoms with Gasteiger partial charge in [-0.15, -0.1) is 0 Å². The minimum atomic E-state index is -0.402. The van der Waals surface area contributed by atoms with Gasteiger partial charge in [0.25, 0.3) is 0 Å². The average Bonchev–Trinajstić information content (AvgIpc) is 2.41. The van der Waals surface area contributed by atoms with Crippen molar-refractivity contribution in [3.05, 3.63) is 46.8 Å². The molecule has 5 heteroatoms. The topological polar surface area (TPSA) is 34.1 Å². The number of halogens is 2. The first kappa shape index (κ1) is 13.8. The molecule has 1 heterocycles. The van der Waals surface area contributed by atoms with Gasteiger partial charge in [-0.2, -0.15) is 0 Å². The van der Waals surface area contributed by atoms with Crippen LogP contribution in [0.1, 0.15) is 13.3 Å². The maximum atomic E-state index is 13.6. The van der Waals surface area contributed by atoms with Gasteiger partial charge >= 0.3 is 0 Å². The molecule has 0 radical (unpaired) electrons. The summed E-state index contributed by atoms with van der Waals surface area (Å²) in [6.07, 6.45) is 2.51. The van der Waals surface area contributed by atoms with E-state index in [9.17, 15) is 4.39 Å². The zero-order valence-electron chi connectivity index (χ0n) is 10.5. The number of anilines is 2. The summed E-state index contributed by atoms with van der Waals surface area (Å²) in [6.45, 7) is 2.74. The van der Waals surface area contributed by atoms with Gasteiger partial charge in [0.15, 0.2) is 11.6 Å². The third kappa shape index (κ3) is 3.92. The van der Waals surface area contributed by atoms with E-state index < -0.39 is 5.82 Å². The molecule has 1 N–H and O–H groups in total. The first-order valence-corrected chi connectivity index (χ1v) is 6.79. The highest BCUT2D eigenvalue weighted by atomic mass is 79.9. The summed E-state index contributed by atoms with van der Waals surface area (Å²) in [6, 6.07) is 8.71. The highest BCUT2D eigenvalue weighted by Gasteiger charge is 2.04. The molecule has 3 nitrogen and oxygen atoms in total. The van der Waals surface area contributed by atoms with Gasteiger partial charge in [-0.3, -0.25) is 0 Å². The average molecular weight is 325 g/mol. The maximum absolute atomic E-state index is 13.6. The van der Waals surface area contributed by atoms with Crippen LogP contribution < -0.4 is 10.1 Å². The van der Waals surface area contributed by atoms with Crippen LogP contribution in [0.15, 0.2) is 41.0 Å². The number of nitrogens with zero attached hydrogens (tertiary/aromatic N) is 1. The minimum Gasteiger partial charge on any atom is -0.494 e. The second-order valence-electron chi connectivity index (χ2n) is 3.98. The van der Waals surface area contributed by atoms with E-state index >= 15 is 0 Å². The first-order chi connectivity index (χ1) is 9.19. The molecular formula is C14H14BrFN2O. The van der Waals surface area contributed by atoms with Gasteiger partial charge in [0.05, 0.1) is 6.61 Å². The molecule has 0 unspecified atom stereocenters. The van der Waals surface area contributed by atoms with E-state index in [1.54, 1.807) is 6.20 Å². The van der Waals surface area contributed by atoms with Crippen LogP contribution in [-0.2, 0) is 0 Å². The van der Waals surface area contributed by atoms with Crippen molar-refractivity contribution in [3.63, 3.8) is 0 Å². The Morgan fingerprint density at radius 1 is 1.32 bits per heavy atom. The number of hydrogen-bond donors (Lipinski definition) is 1. The fourth-order valence-electron chi connectivity index (χ4n) is 1.50. The fourth-order valence-corrected chi connectivity index (χ4v) is 1.80. The maximum Gasteiger partial charge on any atom is 0.166 e. The SMILES string of the molecule is CCCOc1ccc(Nc2ncc(Br)cc2F)cc1. The van der Waals surface area contributed by atoms with Gasteiger partial charge in [0, 0.05) is 16.4 Å². The zero-order valence-corrected chi connectivity index (χ0v) is 12.1. The summed E-state index contributed by atoms with van der Waals surface area (Å²) in [5.41, 5.74) is 0.762. The Hall–Kier alpha value is -1.62. The molecule has 100 valence electrons. The molecule has 1 aromatic heterocycles. The van der Waals surface area contributed by atoms with Gasteiger partial charge in [-0.25, -0.2) is 9.37 Å². The van der Waals surface area contributed by atoms with Crippen LogP contribution in [0.3, 0.4) is 0 Å². The van der Waals surface area contributed by atoms with Gasteiger partial charge in [0.1, 0.15) is 5.75 Å². The molecule has 2 aromatic rings. The summed E-state index contributed by atoms with van der Waals surface area (Å²) >= 11 is 3.17. The predicted octanol–water partition coefficient (Wildman–Crippen LogP) is 4.52. The molecule has 0 spiro atoms. The fraction of sp³-hybridized carbons (Fsp3) is 0.214. The molecular weight excluding hydrogens is 311 g/mol. The van der Waals surface area contributed by atoms with Crippen LogP contribution >= 0.6 is 15.9 Å². The zero-order chi connectivity index (χ0) is 13.7. The molecule has 0 saturated heterocycles. The Balaban J connectivity index is 2.06. The lowest BCUT2D eigenvalue weighted by molar-refractivity contribution is 0.317. The molecule has 1 aromatic carbocycles. The van der Waals surface area contributed by atoms with Gasteiger partial charge < -0.3 is 10.1 Å². The van der Waals surface area contributed by atoms with E-state index in [-0.39, 0.29) is 5.82 Å². The van der Waals surface area contributed by atoms with Crippen molar-refractivity contribution in [2.75, 3.05) is 11.9 Å². The van der Waals surface area contributed by atoms with E-state index in [1.165, 1.54) is 6.07 Å². The molecule has 0 aliphatic rings. The molecule has 0 saturated carbocycles. The summed E-state index contributed by atoms with van der Waals surface area (Å²) in [4.78, 5) is 3.98. The number of aromatic nitrogens is 1. The van der Waals surface area contributed by atoms with Gasteiger partial charge in [-0.1, -0.05) is 6.92 Å². The standard InChI is InChI=1S/C14H14BrFN2O/c1-2-7-19-12-5-3-11(4-6-12)18-14-13(16)8-10(15)9-17-14/h3-6,8-9H,2,7H2,1H3,(H,17,18). The number of nitrogens with one attached hydrogen (secondary N) is 1. The second-order valence-corrected chi connectivity index (χ2v) is 4.90. The molecule has 19 heavy (non-hydrogen) atoms. The Labute approximate surface area is 119 Å². The smallest absolute Gasteiger partial charge is 0.166 e. The lowest BCUT2D eigenvalue weighted by Crippen LogP contribution is -1.98. The monoisotopic (exact) mass is 324 g/mol. The van der Waals surface area contributed by atoms with Crippen LogP contribution in [0.4, 0.5) is 15.9 Å². The Morgan fingerprint density at radius 3 is 2.68 bits per heavy atom. The molecule has 0 aliphatic carbocycles. The first-order valence-electron chi connectivity index (χ1n) is 6.00. The van der Waals surface area contributed by atoms with Crippen LogP contribution in [-0.4, -0.2) is 11.6 Å². The molecule has 0 atom stereocenters. The summed E-state index contributed by atoms with van der Waals surface area (Å²) < 4.78 is 19.7. The molecule has 0 aliphatic heterocycles. The third-order valence-electron chi connectivity index (χ3n) is 2.40. The van der Waals surface area contributed by atoms with Crippen molar-refractivity contribution in [2.45, 2.75) is 13.3 Å². The number of hydrogen-bond acceptors (Lipinski definition) is 3. The predicted molar refractivity (Wildman–Crippen MR) is 77.4 cm³/mol. The second kappa shape index (κ2) is 6.52. The van der Waals surface area contributed by atoms with Gasteiger partial charge in [-0.05, 0) is 52.7 Å². The van der Waals surface area contributed by atoms with E-state index in [0.29, 0.717) is 11.1 Å². The number of rotatable bonds is 5. The number of benzene rings is 1. The molecule has 2 rings (SSSR count). The third-order valence-corrected chi connectivity index (χ3v) is 2.83. The lowest BCUT2D eigenvalue weighted by Gasteiger charge is -2.08. The van der Waals surface area contributed by atoms with E-state index in [4.69, 9.17) is 4.74 Å². The number of ether oxygens (including phenoxy) is 1. The normalized spacial score (nSPS) is 10.3. The summed E-state index contributed by atoms with van der Waals surface area (Å²) in [7, 11) is 0. The van der Waals surface area contributed by atoms with E-state index in [2.05, 4.69) is 33.2 Å². The summed E-state index contributed by atoms with van der Waals surface area (Å²) in [5.74, 6) is 0.600. The van der Waals surface area contributed by atoms with Crippen molar-refractivity contribution in [1.29, 1.82) is 0 Å². The molecule has 0 amide bonds. The highest BCUT2D eigenvalue weighted by Crippen LogP contribution is 2.22. The van der Waals surface area contributed by atoms with Crippen molar-refractivity contribution in [1.82, 2.24) is 4.98 Å². The van der Waals surface area contributed by atoms with Crippen LogP contribution in [0.5, 0.6) is 5.75 Å². The van der Waals surface area contributed by atoms with Crippen molar-refractivity contribution in [3.8, 4) is 5.75 Å². The van der Waals surface area contributed by atoms with Crippen LogP contribution in [0.25, 0.3) is 0 Å². The lowest BCUT2D eigenvalue weighted by atomic mass is 10.3. The minimum absolute atomic E-state index is 0.199. The Morgan fingerprint density at radius 2 is 2.05 bits per heavy atom. The van der Waals surface area contributed by atoms with Crippen molar-refractivity contribution >= 4 is 27.4 Å². The van der Waals surface area contributed by atoms with Crippen LogP contribution in [0, 0.1) is 5.82 Å². The van der Waals surface area contributed by atoms with E-state index in [1.807, 2.05) is 24.3 Å².